The van der Waals surface area contributed by atoms with Crippen molar-refractivity contribution in [1.29, 1.82) is 0 Å². The Hall–Kier alpha value is -2.27. The second kappa shape index (κ2) is 5.02. The van der Waals surface area contributed by atoms with Gasteiger partial charge in [-0.1, -0.05) is 6.07 Å². The molecule has 0 spiro atoms. The van der Waals surface area contributed by atoms with Crippen LogP contribution >= 0.6 is 0 Å². The van der Waals surface area contributed by atoms with E-state index in [0.29, 0.717) is 0 Å². The first kappa shape index (κ1) is 12.7. The van der Waals surface area contributed by atoms with Gasteiger partial charge in [-0.3, -0.25) is 0 Å². The Morgan fingerprint density at radius 3 is 2.55 bits per heavy atom. The number of benzene rings is 1. The Bertz CT molecular complexity index is 755. The Morgan fingerprint density at radius 1 is 1.05 bits per heavy atom. The van der Waals surface area contributed by atoms with Gasteiger partial charge < -0.3 is 19.7 Å². The minimum atomic E-state index is -0.176. The highest BCUT2D eigenvalue weighted by molar-refractivity contribution is 5.75. The van der Waals surface area contributed by atoms with Gasteiger partial charge in [-0.2, -0.15) is 0 Å². The molecule has 0 amide bonds. The third-order valence-corrected chi connectivity index (χ3v) is 3.58. The molecule has 0 saturated carbocycles. The van der Waals surface area contributed by atoms with Gasteiger partial charge in [0.1, 0.15) is 0 Å². The Balaban J connectivity index is 1.81. The molecule has 3 N–H and O–H groups in total. The summed E-state index contributed by atoms with van der Waals surface area (Å²) in [6.07, 6.45) is 3.42. The number of aromatic amines is 2. The molecule has 104 valence electrons. The molecule has 3 aromatic rings. The van der Waals surface area contributed by atoms with Crippen LogP contribution in [0.25, 0.3) is 11.0 Å². The summed E-state index contributed by atoms with van der Waals surface area (Å²) in [7, 11) is 0. The van der Waals surface area contributed by atoms with Gasteiger partial charge in [-0.05, 0) is 37.6 Å². The van der Waals surface area contributed by atoms with Crippen molar-refractivity contribution in [3.05, 3.63) is 58.4 Å². The average molecular weight is 271 g/mol. The number of rotatable bonds is 4. The quantitative estimate of drug-likeness (QED) is 0.683. The summed E-state index contributed by atoms with van der Waals surface area (Å²) in [6.45, 7) is 4.20. The smallest absolute Gasteiger partial charge is 0.323 e. The summed E-state index contributed by atoms with van der Waals surface area (Å²) < 4.78 is 5.10. The van der Waals surface area contributed by atoms with E-state index < -0.39 is 0 Å². The number of furan rings is 1. The SMILES string of the molecule is CC(NC(C)c1ccc2[nH]c(=O)[nH]c2c1)c1ccoc1. The van der Waals surface area contributed by atoms with Crippen LogP contribution in [0.3, 0.4) is 0 Å². The maximum atomic E-state index is 11.3. The van der Waals surface area contributed by atoms with Gasteiger partial charge in [0.25, 0.3) is 0 Å². The molecule has 3 rings (SSSR count). The first-order valence-electron chi connectivity index (χ1n) is 6.63. The largest absolute Gasteiger partial charge is 0.472 e. The van der Waals surface area contributed by atoms with E-state index in [-0.39, 0.29) is 17.8 Å². The van der Waals surface area contributed by atoms with Crippen molar-refractivity contribution in [3.63, 3.8) is 0 Å². The first-order valence-corrected chi connectivity index (χ1v) is 6.63. The van der Waals surface area contributed by atoms with E-state index in [4.69, 9.17) is 4.42 Å². The summed E-state index contributed by atoms with van der Waals surface area (Å²) in [5.41, 5.74) is 3.73. The minimum absolute atomic E-state index is 0.169. The highest BCUT2D eigenvalue weighted by atomic mass is 16.3. The molecule has 20 heavy (non-hydrogen) atoms. The molecule has 2 atom stereocenters. The van der Waals surface area contributed by atoms with Gasteiger partial charge in [-0.25, -0.2) is 4.79 Å². The van der Waals surface area contributed by atoms with Crippen molar-refractivity contribution in [2.45, 2.75) is 25.9 Å². The molecule has 0 aliphatic heterocycles. The molecule has 1 aromatic carbocycles. The molecule has 5 nitrogen and oxygen atoms in total. The molecule has 2 unspecified atom stereocenters. The summed E-state index contributed by atoms with van der Waals surface area (Å²) in [4.78, 5) is 16.8. The third kappa shape index (κ3) is 2.40. The zero-order chi connectivity index (χ0) is 14.1. The zero-order valence-corrected chi connectivity index (χ0v) is 11.4. The van der Waals surface area contributed by atoms with E-state index in [9.17, 15) is 4.79 Å². The summed E-state index contributed by atoms with van der Waals surface area (Å²) in [5, 5.41) is 3.51. The predicted octanol–water partition coefficient (Wildman–Crippen LogP) is 2.86. The van der Waals surface area contributed by atoms with Crippen molar-refractivity contribution in [2.75, 3.05) is 0 Å². The number of imidazole rings is 1. The summed E-state index contributed by atoms with van der Waals surface area (Å²) in [6, 6.07) is 8.26. The number of aromatic nitrogens is 2. The van der Waals surface area contributed by atoms with Gasteiger partial charge in [0.05, 0.1) is 23.6 Å². The summed E-state index contributed by atoms with van der Waals surface area (Å²) >= 11 is 0. The maximum Gasteiger partial charge on any atom is 0.323 e. The van der Waals surface area contributed by atoms with Gasteiger partial charge in [0.15, 0.2) is 0 Å². The van der Waals surface area contributed by atoms with E-state index >= 15 is 0 Å². The fourth-order valence-electron chi connectivity index (χ4n) is 2.41. The molecule has 0 saturated heterocycles. The molecular weight excluding hydrogens is 254 g/mol. The van der Waals surface area contributed by atoms with E-state index in [1.54, 1.807) is 12.5 Å². The van der Waals surface area contributed by atoms with E-state index in [2.05, 4.69) is 29.1 Å². The van der Waals surface area contributed by atoms with Crippen molar-refractivity contribution in [2.24, 2.45) is 0 Å². The number of nitrogens with one attached hydrogen (secondary N) is 3. The number of fused-ring (bicyclic) bond motifs is 1. The fraction of sp³-hybridized carbons (Fsp3) is 0.267. The lowest BCUT2D eigenvalue weighted by atomic mass is 10.1. The van der Waals surface area contributed by atoms with Crippen LogP contribution in [0.15, 0.2) is 46.0 Å². The van der Waals surface area contributed by atoms with Crippen LogP contribution in [-0.2, 0) is 0 Å². The van der Waals surface area contributed by atoms with Crippen molar-refractivity contribution < 1.29 is 4.42 Å². The highest BCUT2D eigenvalue weighted by Gasteiger charge is 2.12. The van der Waals surface area contributed by atoms with E-state index in [1.165, 1.54) is 0 Å². The predicted molar refractivity (Wildman–Crippen MR) is 77.6 cm³/mol. The maximum absolute atomic E-state index is 11.3. The average Bonchev–Trinajstić information content (AvgIpc) is 3.05. The van der Waals surface area contributed by atoms with Crippen LogP contribution in [0, 0.1) is 0 Å². The number of hydrogen-bond donors (Lipinski definition) is 3. The molecule has 5 heteroatoms. The fourth-order valence-corrected chi connectivity index (χ4v) is 2.41. The van der Waals surface area contributed by atoms with Crippen LogP contribution in [0.5, 0.6) is 0 Å². The Morgan fingerprint density at radius 2 is 1.80 bits per heavy atom. The van der Waals surface area contributed by atoms with Gasteiger partial charge in [0.2, 0.25) is 0 Å². The van der Waals surface area contributed by atoms with Crippen LogP contribution < -0.4 is 11.0 Å². The minimum Gasteiger partial charge on any atom is -0.472 e. The number of H-pyrrole nitrogens is 2. The molecule has 0 radical (unpaired) electrons. The van der Waals surface area contributed by atoms with Gasteiger partial charge in [-0.15, -0.1) is 0 Å². The second-order valence-electron chi connectivity index (χ2n) is 5.05. The van der Waals surface area contributed by atoms with Crippen LogP contribution in [-0.4, -0.2) is 9.97 Å². The lowest BCUT2D eigenvalue weighted by Gasteiger charge is -2.19. The number of hydrogen-bond acceptors (Lipinski definition) is 3. The van der Waals surface area contributed by atoms with Crippen LogP contribution in [0.1, 0.15) is 37.1 Å². The molecule has 2 aromatic heterocycles. The highest BCUT2D eigenvalue weighted by Crippen LogP contribution is 2.21. The standard InChI is InChI=1S/C15H17N3O2/c1-9(16-10(2)12-5-6-20-8-12)11-3-4-13-14(7-11)18-15(19)17-13/h3-10,16H,1-2H3,(H2,17,18,19). The van der Waals surface area contributed by atoms with E-state index in [1.807, 2.05) is 24.3 Å². The van der Waals surface area contributed by atoms with Crippen LogP contribution in [0.2, 0.25) is 0 Å². The molecule has 0 fully saturated rings. The topological polar surface area (TPSA) is 73.8 Å². The van der Waals surface area contributed by atoms with Crippen molar-refractivity contribution in [3.8, 4) is 0 Å². The van der Waals surface area contributed by atoms with Crippen molar-refractivity contribution >= 4 is 11.0 Å². The molecule has 2 heterocycles. The van der Waals surface area contributed by atoms with Gasteiger partial charge in [0, 0.05) is 17.6 Å². The monoisotopic (exact) mass is 271 g/mol. The third-order valence-electron chi connectivity index (χ3n) is 3.58. The molecule has 0 aliphatic carbocycles. The van der Waals surface area contributed by atoms with Crippen molar-refractivity contribution in [1.82, 2.24) is 15.3 Å². The zero-order valence-electron chi connectivity index (χ0n) is 11.4. The summed E-state index contributed by atoms with van der Waals surface area (Å²) in [5.74, 6) is 0. The van der Waals surface area contributed by atoms with Gasteiger partial charge >= 0.3 is 5.69 Å². The normalized spacial score (nSPS) is 14.5. The first-order chi connectivity index (χ1) is 9.63. The molecule has 0 aliphatic rings. The molecule has 0 bridgehead atoms. The second-order valence-corrected chi connectivity index (χ2v) is 5.05. The lowest BCUT2D eigenvalue weighted by molar-refractivity contribution is 0.486. The molecular formula is C15H17N3O2. The van der Waals surface area contributed by atoms with E-state index in [0.717, 1.165) is 22.2 Å². The Kier molecular flexibility index (Phi) is 3.20. The Labute approximate surface area is 116 Å². The van der Waals surface area contributed by atoms with Crippen LogP contribution in [0.4, 0.5) is 0 Å². The lowest BCUT2D eigenvalue weighted by Crippen LogP contribution is -2.22.